The molecule has 3 unspecified atom stereocenters. The monoisotopic (exact) mass is 400 g/mol. The summed E-state index contributed by atoms with van der Waals surface area (Å²) in [6.07, 6.45) is 4.62. The number of hydrogen-bond acceptors (Lipinski definition) is 3. The highest BCUT2D eigenvalue weighted by molar-refractivity contribution is 5.79. The number of hydrogen-bond donors (Lipinski definition) is 3. The number of rotatable bonds is 6. The predicted octanol–water partition coefficient (Wildman–Crippen LogP) is 2.82. The summed E-state index contributed by atoms with van der Waals surface area (Å²) < 4.78 is 0. The maximum absolute atomic E-state index is 12.4. The molecule has 6 nitrogen and oxygen atoms in total. The van der Waals surface area contributed by atoms with E-state index < -0.39 is 0 Å². The van der Waals surface area contributed by atoms with Crippen molar-refractivity contribution in [3.05, 3.63) is 35.4 Å². The van der Waals surface area contributed by atoms with Crippen LogP contribution < -0.4 is 16.0 Å². The van der Waals surface area contributed by atoms with E-state index in [1.165, 1.54) is 11.1 Å². The molecule has 0 spiro atoms. The molecule has 0 bridgehead atoms. The molecule has 3 rings (SSSR count). The molecule has 1 aliphatic heterocycles. The Kier molecular flexibility index (Phi) is 7.53. The average molecular weight is 401 g/mol. The number of urea groups is 1. The third kappa shape index (κ3) is 6.20. The van der Waals surface area contributed by atoms with Crippen LogP contribution in [-0.2, 0) is 17.8 Å². The van der Waals surface area contributed by atoms with Crippen molar-refractivity contribution in [1.82, 2.24) is 20.9 Å². The summed E-state index contributed by atoms with van der Waals surface area (Å²) >= 11 is 0. The van der Waals surface area contributed by atoms with Gasteiger partial charge in [-0.05, 0) is 57.6 Å². The van der Waals surface area contributed by atoms with E-state index in [1.54, 1.807) is 0 Å². The van der Waals surface area contributed by atoms with Crippen LogP contribution in [0.15, 0.2) is 24.3 Å². The Labute approximate surface area is 174 Å². The van der Waals surface area contributed by atoms with Crippen LogP contribution in [0.4, 0.5) is 4.79 Å². The van der Waals surface area contributed by atoms with Gasteiger partial charge in [-0.2, -0.15) is 0 Å². The van der Waals surface area contributed by atoms with Gasteiger partial charge in [-0.25, -0.2) is 4.79 Å². The van der Waals surface area contributed by atoms with Crippen molar-refractivity contribution in [2.45, 2.75) is 77.5 Å². The Morgan fingerprint density at radius 3 is 2.66 bits per heavy atom. The van der Waals surface area contributed by atoms with E-state index in [4.69, 9.17) is 0 Å². The molecule has 1 saturated carbocycles. The number of fused-ring (bicyclic) bond motifs is 1. The van der Waals surface area contributed by atoms with Crippen LogP contribution in [0.3, 0.4) is 0 Å². The third-order valence-electron chi connectivity index (χ3n) is 6.15. The standard InChI is InChI=1S/C23H36N4O2/c1-16(2)25-22(28)19-9-6-10-21(13-19)26-23(29)24-14-17(3)27-12-11-18-7-4-5-8-20(18)15-27/h4-5,7-8,16-17,19,21H,6,9-15H2,1-3H3,(H,25,28)(H2,24,26,29). The molecule has 0 radical (unpaired) electrons. The molecular formula is C23H36N4O2. The first-order valence-electron chi connectivity index (χ1n) is 11.1. The van der Waals surface area contributed by atoms with Crippen molar-refractivity contribution in [2.75, 3.05) is 13.1 Å². The minimum atomic E-state index is -0.121. The molecule has 29 heavy (non-hydrogen) atoms. The van der Waals surface area contributed by atoms with Gasteiger partial charge in [-0.15, -0.1) is 0 Å². The molecule has 160 valence electrons. The van der Waals surface area contributed by atoms with E-state index in [0.717, 1.165) is 45.2 Å². The fourth-order valence-corrected chi connectivity index (χ4v) is 4.46. The summed E-state index contributed by atoms with van der Waals surface area (Å²) in [7, 11) is 0. The molecule has 1 heterocycles. The first-order valence-corrected chi connectivity index (χ1v) is 11.1. The number of amides is 3. The van der Waals surface area contributed by atoms with Crippen LogP contribution in [0.5, 0.6) is 0 Å². The maximum atomic E-state index is 12.4. The molecule has 6 heteroatoms. The molecule has 0 saturated heterocycles. The summed E-state index contributed by atoms with van der Waals surface area (Å²) in [6.45, 7) is 8.71. The van der Waals surface area contributed by atoms with Gasteiger partial charge in [0.1, 0.15) is 0 Å². The highest BCUT2D eigenvalue weighted by Crippen LogP contribution is 2.24. The van der Waals surface area contributed by atoms with E-state index in [-0.39, 0.29) is 36.0 Å². The van der Waals surface area contributed by atoms with Gasteiger partial charge in [-0.1, -0.05) is 30.7 Å². The zero-order chi connectivity index (χ0) is 20.8. The number of benzene rings is 1. The summed E-state index contributed by atoms with van der Waals surface area (Å²) in [4.78, 5) is 27.1. The minimum absolute atomic E-state index is 0.00351. The van der Waals surface area contributed by atoms with Crippen LogP contribution in [0.1, 0.15) is 57.6 Å². The first kappa shape index (κ1) is 21.6. The lowest BCUT2D eigenvalue weighted by molar-refractivity contribution is -0.126. The largest absolute Gasteiger partial charge is 0.354 e. The Morgan fingerprint density at radius 2 is 1.90 bits per heavy atom. The van der Waals surface area contributed by atoms with Gasteiger partial charge in [0.2, 0.25) is 5.91 Å². The molecule has 1 aliphatic carbocycles. The number of nitrogens with zero attached hydrogens (tertiary/aromatic N) is 1. The van der Waals surface area contributed by atoms with Crippen LogP contribution >= 0.6 is 0 Å². The summed E-state index contributed by atoms with van der Waals surface area (Å²) in [5, 5.41) is 9.11. The Morgan fingerprint density at radius 1 is 1.14 bits per heavy atom. The van der Waals surface area contributed by atoms with Crippen molar-refractivity contribution < 1.29 is 9.59 Å². The lowest BCUT2D eigenvalue weighted by Gasteiger charge is -2.34. The highest BCUT2D eigenvalue weighted by atomic mass is 16.2. The Bertz CT molecular complexity index is 706. The topological polar surface area (TPSA) is 73.5 Å². The van der Waals surface area contributed by atoms with E-state index in [1.807, 2.05) is 13.8 Å². The summed E-state index contributed by atoms with van der Waals surface area (Å²) in [6, 6.07) is 9.00. The van der Waals surface area contributed by atoms with Crippen molar-refractivity contribution in [1.29, 1.82) is 0 Å². The lowest BCUT2D eigenvalue weighted by atomic mass is 9.85. The zero-order valence-corrected chi connectivity index (χ0v) is 18.0. The van der Waals surface area contributed by atoms with Crippen LogP contribution in [0.2, 0.25) is 0 Å². The summed E-state index contributed by atoms with van der Waals surface area (Å²) in [5.41, 5.74) is 2.83. The van der Waals surface area contributed by atoms with Crippen LogP contribution in [0, 0.1) is 5.92 Å². The van der Waals surface area contributed by atoms with E-state index >= 15 is 0 Å². The molecule has 1 aromatic carbocycles. The number of nitrogens with one attached hydrogen (secondary N) is 3. The van der Waals surface area contributed by atoms with Crippen molar-refractivity contribution >= 4 is 11.9 Å². The summed E-state index contributed by atoms with van der Waals surface area (Å²) in [5.74, 6) is 0.120. The van der Waals surface area contributed by atoms with Gasteiger partial charge >= 0.3 is 6.03 Å². The molecule has 2 aliphatic rings. The molecule has 1 aromatic rings. The maximum Gasteiger partial charge on any atom is 0.315 e. The minimum Gasteiger partial charge on any atom is -0.354 e. The lowest BCUT2D eigenvalue weighted by Crippen LogP contribution is -2.50. The second-order valence-corrected chi connectivity index (χ2v) is 8.92. The van der Waals surface area contributed by atoms with Crippen molar-refractivity contribution in [2.24, 2.45) is 5.92 Å². The van der Waals surface area contributed by atoms with E-state index in [0.29, 0.717) is 6.54 Å². The average Bonchev–Trinajstić information content (AvgIpc) is 2.71. The second kappa shape index (κ2) is 10.1. The van der Waals surface area contributed by atoms with Gasteiger partial charge in [0, 0.05) is 43.7 Å². The van der Waals surface area contributed by atoms with Crippen LogP contribution in [-0.4, -0.2) is 48.1 Å². The van der Waals surface area contributed by atoms with E-state index in [9.17, 15) is 9.59 Å². The van der Waals surface area contributed by atoms with Crippen molar-refractivity contribution in [3.63, 3.8) is 0 Å². The molecule has 3 atom stereocenters. The first-order chi connectivity index (χ1) is 13.9. The fraction of sp³-hybridized carbons (Fsp3) is 0.652. The van der Waals surface area contributed by atoms with Gasteiger partial charge < -0.3 is 16.0 Å². The second-order valence-electron chi connectivity index (χ2n) is 8.92. The molecule has 3 amide bonds. The van der Waals surface area contributed by atoms with E-state index in [2.05, 4.69) is 52.0 Å². The molecule has 0 aromatic heterocycles. The molecule has 3 N–H and O–H groups in total. The Hall–Kier alpha value is -2.08. The van der Waals surface area contributed by atoms with Crippen molar-refractivity contribution in [3.8, 4) is 0 Å². The van der Waals surface area contributed by atoms with Gasteiger partial charge in [-0.3, -0.25) is 9.69 Å². The zero-order valence-electron chi connectivity index (χ0n) is 18.0. The predicted molar refractivity (Wildman–Crippen MR) is 116 cm³/mol. The van der Waals surface area contributed by atoms with Gasteiger partial charge in [0.25, 0.3) is 0 Å². The SMILES string of the molecule is CC(C)NC(=O)C1CCCC(NC(=O)NCC(C)N2CCc3ccccc3C2)C1. The molecule has 1 fully saturated rings. The Balaban J connectivity index is 1.41. The van der Waals surface area contributed by atoms with Gasteiger partial charge in [0.15, 0.2) is 0 Å². The van der Waals surface area contributed by atoms with Gasteiger partial charge in [0.05, 0.1) is 0 Å². The normalized spacial score (nSPS) is 23.2. The third-order valence-corrected chi connectivity index (χ3v) is 6.15. The van der Waals surface area contributed by atoms with Crippen LogP contribution in [0.25, 0.3) is 0 Å². The smallest absolute Gasteiger partial charge is 0.315 e. The fourth-order valence-electron chi connectivity index (χ4n) is 4.46. The highest BCUT2D eigenvalue weighted by Gasteiger charge is 2.28. The quantitative estimate of drug-likeness (QED) is 0.687. The number of carbonyl (C=O) groups excluding carboxylic acids is 2. The molecular weight excluding hydrogens is 364 g/mol. The number of carbonyl (C=O) groups is 2.